The average molecular weight is 272 g/mol. The van der Waals surface area contributed by atoms with E-state index in [-0.39, 0.29) is 5.75 Å². The van der Waals surface area contributed by atoms with Gasteiger partial charge in [0.25, 0.3) is 0 Å². The monoisotopic (exact) mass is 272 g/mol. The van der Waals surface area contributed by atoms with Crippen LogP contribution in [0.2, 0.25) is 0 Å². The molecule has 0 aromatic heterocycles. The first kappa shape index (κ1) is 13.9. The quantitative estimate of drug-likeness (QED) is 0.667. The Morgan fingerprint density at radius 3 is 2.20 bits per heavy atom. The van der Waals surface area contributed by atoms with Crippen LogP contribution in [0.5, 0.6) is 5.75 Å². The molecule has 0 aliphatic heterocycles. The number of nitrogens with one attached hydrogen (secondary N) is 1. The van der Waals surface area contributed by atoms with E-state index in [9.17, 15) is 9.90 Å². The molecule has 2 aromatic rings. The van der Waals surface area contributed by atoms with Crippen LogP contribution < -0.4 is 11.1 Å². The van der Waals surface area contributed by atoms with Crippen LogP contribution in [0.15, 0.2) is 54.6 Å². The van der Waals surface area contributed by atoms with Gasteiger partial charge in [-0.2, -0.15) is 0 Å². The zero-order chi connectivity index (χ0) is 14.5. The van der Waals surface area contributed by atoms with E-state index in [1.165, 1.54) is 12.1 Å². The first-order chi connectivity index (χ1) is 9.58. The number of hydrogen-bond donors (Lipinski definition) is 4. The fourth-order valence-corrected chi connectivity index (χ4v) is 1.92. The van der Waals surface area contributed by atoms with Gasteiger partial charge in [0.1, 0.15) is 11.8 Å². The highest BCUT2D eigenvalue weighted by Gasteiger charge is 2.25. The number of carboxylic acid groups (broad SMARTS) is 1. The SMILES string of the molecule is N[C@H](C(=O)O)C(Nc1ccccc1)c1ccc(O)cc1. The highest BCUT2D eigenvalue weighted by molar-refractivity contribution is 5.75. The number of anilines is 1. The van der Waals surface area contributed by atoms with E-state index in [0.29, 0.717) is 5.56 Å². The summed E-state index contributed by atoms with van der Waals surface area (Å²) in [6, 6.07) is 13.9. The van der Waals surface area contributed by atoms with Crippen LogP contribution in [0.4, 0.5) is 5.69 Å². The number of carbonyl (C=O) groups is 1. The summed E-state index contributed by atoms with van der Waals surface area (Å²) in [5.41, 5.74) is 7.23. The molecular weight excluding hydrogens is 256 g/mol. The van der Waals surface area contributed by atoms with Crippen LogP contribution in [0.25, 0.3) is 0 Å². The van der Waals surface area contributed by atoms with Gasteiger partial charge in [0, 0.05) is 5.69 Å². The van der Waals surface area contributed by atoms with Gasteiger partial charge in [-0.3, -0.25) is 4.79 Å². The fraction of sp³-hybridized carbons (Fsp3) is 0.133. The second-order valence-corrected chi connectivity index (χ2v) is 4.44. The molecule has 0 saturated carbocycles. The molecule has 0 saturated heterocycles. The van der Waals surface area contributed by atoms with Crippen LogP contribution in [0.1, 0.15) is 11.6 Å². The van der Waals surface area contributed by atoms with Gasteiger partial charge in [-0.05, 0) is 29.8 Å². The number of benzene rings is 2. The first-order valence-corrected chi connectivity index (χ1v) is 6.17. The lowest BCUT2D eigenvalue weighted by atomic mass is 9.99. The van der Waals surface area contributed by atoms with E-state index < -0.39 is 18.1 Å². The molecule has 0 bridgehead atoms. The molecule has 2 rings (SSSR count). The molecule has 2 atom stereocenters. The fourth-order valence-electron chi connectivity index (χ4n) is 1.92. The van der Waals surface area contributed by atoms with Crippen LogP contribution in [0.3, 0.4) is 0 Å². The minimum Gasteiger partial charge on any atom is -0.508 e. The summed E-state index contributed by atoms with van der Waals surface area (Å²) in [6.45, 7) is 0. The molecule has 0 spiro atoms. The number of phenolic OH excluding ortho intramolecular Hbond substituents is 1. The van der Waals surface area contributed by atoms with Crippen molar-refractivity contribution in [2.24, 2.45) is 5.73 Å². The van der Waals surface area contributed by atoms with Crippen molar-refractivity contribution in [2.75, 3.05) is 5.32 Å². The number of hydrogen-bond acceptors (Lipinski definition) is 4. The number of aliphatic carboxylic acids is 1. The van der Waals surface area contributed by atoms with Crippen LogP contribution in [-0.2, 0) is 4.79 Å². The Bertz CT molecular complexity index is 569. The van der Waals surface area contributed by atoms with Gasteiger partial charge in [0.05, 0.1) is 6.04 Å². The van der Waals surface area contributed by atoms with Crippen molar-refractivity contribution >= 4 is 11.7 Å². The summed E-state index contributed by atoms with van der Waals surface area (Å²) >= 11 is 0. The first-order valence-electron chi connectivity index (χ1n) is 6.17. The lowest BCUT2D eigenvalue weighted by Gasteiger charge is -2.24. The number of para-hydroxylation sites is 1. The van der Waals surface area contributed by atoms with Crippen molar-refractivity contribution in [3.05, 3.63) is 60.2 Å². The molecule has 5 N–H and O–H groups in total. The number of rotatable bonds is 5. The van der Waals surface area contributed by atoms with Gasteiger partial charge in [0.2, 0.25) is 0 Å². The summed E-state index contributed by atoms with van der Waals surface area (Å²) in [7, 11) is 0. The van der Waals surface area contributed by atoms with E-state index in [4.69, 9.17) is 10.8 Å². The van der Waals surface area contributed by atoms with Crippen molar-refractivity contribution in [2.45, 2.75) is 12.1 Å². The summed E-state index contributed by atoms with van der Waals surface area (Å²) in [5.74, 6) is -0.970. The Morgan fingerprint density at radius 2 is 1.65 bits per heavy atom. The Kier molecular flexibility index (Phi) is 4.22. The molecule has 0 aliphatic rings. The Balaban J connectivity index is 2.29. The summed E-state index contributed by atoms with van der Waals surface area (Å²) in [5, 5.41) is 21.5. The second-order valence-electron chi connectivity index (χ2n) is 4.44. The van der Waals surface area contributed by atoms with Crippen LogP contribution in [-0.4, -0.2) is 22.2 Å². The van der Waals surface area contributed by atoms with Crippen molar-refractivity contribution in [3.8, 4) is 5.75 Å². The van der Waals surface area contributed by atoms with Crippen molar-refractivity contribution < 1.29 is 15.0 Å². The summed E-state index contributed by atoms with van der Waals surface area (Å²) < 4.78 is 0. The summed E-state index contributed by atoms with van der Waals surface area (Å²) in [4.78, 5) is 11.2. The maximum atomic E-state index is 11.2. The van der Waals surface area contributed by atoms with Gasteiger partial charge in [0.15, 0.2) is 0 Å². The standard InChI is InChI=1S/C15H16N2O3/c16-13(15(19)20)14(10-6-8-12(18)9-7-10)17-11-4-2-1-3-5-11/h1-9,13-14,17-18H,16H2,(H,19,20)/t13-,14?/m0/s1. The maximum absolute atomic E-state index is 11.2. The zero-order valence-corrected chi connectivity index (χ0v) is 10.7. The molecule has 104 valence electrons. The Morgan fingerprint density at radius 1 is 1.05 bits per heavy atom. The lowest BCUT2D eigenvalue weighted by molar-refractivity contribution is -0.138. The number of carboxylic acids is 1. The highest BCUT2D eigenvalue weighted by Crippen LogP contribution is 2.23. The predicted octanol–water partition coefficient (Wildman–Crippen LogP) is 1.96. The molecular formula is C15H16N2O3. The minimum atomic E-state index is -1.10. The van der Waals surface area contributed by atoms with E-state index in [1.54, 1.807) is 12.1 Å². The van der Waals surface area contributed by atoms with Gasteiger partial charge in [-0.25, -0.2) is 0 Å². The van der Waals surface area contributed by atoms with Gasteiger partial charge in [-0.15, -0.1) is 0 Å². The largest absolute Gasteiger partial charge is 0.508 e. The molecule has 0 heterocycles. The lowest BCUT2D eigenvalue weighted by Crippen LogP contribution is -2.40. The minimum absolute atomic E-state index is 0.121. The smallest absolute Gasteiger partial charge is 0.322 e. The third-order valence-electron chi connectivity index (χ3n) is 2.99. The number of phenols is 1. The third-order valence-corrected chi connectivity index (χ3v) is 2.99. The zero-order valence-electron chi connectivity index (χ0n) is 10.7. The van der Waals surface area contributed by atoms with Crippen molar-refractivity contribution in [1.82, 2.24) is 0 Å². The average Bonchev–Trinajstić information content (AvgIpc) is 2.46. The summed E-state index contributed by atoms with van der Waals surface area (Å²) in [6.07, 6.45) is 0. The normalized spacial score (nSPS) is 13.4. The molecule has 5 heteroatoms. The molecule has 0 amide bonds. The molecule has 0 fully saturated rings. The van der Waals surface area contributed by atoms with Crippen LogP contribution >= 0.6 is 0 Å². The molecule has 5 nitrogen and oxygen atoms in total. The Labute approximate surface area is 116 Å². The van der Waals surface area contributed by atoms with Crippen LogP contribution in [0, 0.1) is 0 Å². The highest BCUT2D eigenvalue weighted by atomic mass is 16.4. The van der Waals surface area contributed by atoms with Crippen molar-refractivity contribution in [1.29, 1.82) is 0 Å². The molecule has 2 aromatic carbocycles. The van der Waals surface area contributed by atoms with E-state index >= 15 is 0 Å². The molecule has 0 radical (unpaired) electrons. The second kappa shape index (κ2) is 6.08. The van der Waals surface area contributed by atoms with Gasteiger partial charge < -0.3 is 21.3 Å². The molecule has 0 aliphatic carbocycles. The van der Waals surface area contributed by atoms with Gasteiger partial charge >= 0.3 is 5.97 Å². The molecule has 1 unspecified atom stereocenters. The third kappa shape index (κ3) is 3.27. The van der Waals surface area contributed by atoms with E-state index in [2.05, 4.69) is 5.32 Å². The van der Waals surface area contributed by atoms with E-state index in [1.807, 2.05) is 30.3 Å². The molecule has 20 heavy (non-hydrogen) atoms. The van der Waals surface area contributed by atoms with E-state index in [0.717, 1.165) is 5.69 Å². The number of nitrogens with two attached hydrogens (primary N) is 1. The topological polar surface area (TPSA) is 95.6 Å². The maximum Gasteiger partial charge on any atom is 0.322 e. The van der Waals surface area contributed by atoms with Gasteiger partial charge in [-0.1, -0.05) is 30.3 Å². The Hall–Kier alpha value is -2.53. The number of aromatic hydroxyl groups is 1. The van der Waals surface area contributed by atoms with Crippen molar-refractivity contribution in [3.63, 3.8) is 0 Å². The predicted molar refractivity (Wildman–Crippen MR) is 76.5 cm³/mol.